The number of carbonyl (C=O) groups is 2. The number of carboxylic acids is 1. The van der Waals surface area contributed by atoms with Gasteiger partial charge in [-0.05, 0) is 33.4 Å². The molecule has 1 atom stereocenters. The van der Waals surface area contributed by atoms with Crippen molar-refractivity contribution in [3.63, 3.8) is 0 Å². The van der Waals surface area contributed by atoms with Crippen LogP contribution in [-0.2, 0) is 4.79 Å². The van der Waals surface area contributed by atoms with E-state index < -0.39 is 12.0 Å². The van der Waals surface area contributed by atoms with Crippen molar-refractivity contribution in [2.24, 2.45) is 0 Å². The topological polar surface area (TPSA) is 72.9 Å². The molecule has 0 radical (unpaired) electrons. The quantitative estimate of drug-likeness (QED) is 0.773. The summed E-state index contributed by atoms with van der Waals surface area (Å²) in [6.45, 7) is 3.12. The zero-order chi connectivity index (χ0) is 13.7. The normalized spacial score (nSPS) is 18.8. The Morgan fingerprint density at radius 2 is 1.94 bits per heavy atom. The molecular formula is C12H23N3O3. The minimum absolute atomic E-state index is 0.263. The lowest BCUT2D eigenvalue weighted by atomic mass is 10.0. The van der Waals surface area contributed by atoms with Gasteiger partial charge in [0.2, 0.25) is 0 Å². The molecule has 1 fully saturated rings. The first-order chi connectivity index (χ1) is 8.45. The largest absolute Gasteiger partial charge is 0.480 e. The number of amides is 2. The van der Waals surface area contributed by atoms with E-state index in [2.05, 4.69) is 10.2 Å². The van der Waals surface area contributed by atoms with Crippen molar-refractivity contribution in [3.05, 3.63) is 0 Å². The van der Waals surface area contributed by atoms with Crippen molar-refractivity contribution in [3.8, 4) is 0 Å². The van der Waals surface area contributed by atoms with Gasteiger partial charge in [-0.15, -0.1) is 0 Å². The lowest BCUT2D eigenvalue weighted by molar-refractivity contribution is -0.139. The van der Waals surface area contributed by atoms with Crippen molar-refractivity contribution in [1.29, 1.82) is 0 Å². The van der Waals surface area contributed by atoms with E-state index in [1.165, 1.54) is 0 Å². The lowest BCUT2D eigenvalue weighted by Crippen LogP contribution is -2.51. The number of piperidine rings is 1. The van der Waals surface area contributed by atoms with Crippen LogP contribution in [-0.4, -0.2) is 66.2 Å². The van der Waals surface area contributed by atoms with E-state index in [0.29, 0.717) is 25.6 Å². The fourth-order valence-electron chi connectivity index (χ4n) is 2.16. The van der Waals surface area contributed by atoms with E-state index in [4.69, 9.17) is 5.11 Å². The molecule has 0 aliphatic carbocycles. The van der Waals surface area contributed by atoms with Gasteiger partial charge >= 0.3 is 12.0 Å². The van der Waals surface area contributed by atoms with Crippen LogP contribution in [0, 0.1) is 0 Å². The van der Waals surface area contributed by atoms with Gasteiger partial charge in [0.05, 0.1) is 0 Å². The van der Waals surface area contributed by atoms with Gasteiger partial charge < -0.3 is 20.2 Å². The SMILES string of the molecule is CCC(NC(=O)N1CCC(N(C)C)CC1)C(=O)O. The summed E-state index contributed by atoms with van der Waals surface area (Å²) in [5.74, 6) is -0.978. The van der Waals surface area contributed by atoms with Crippen LogP contribution in [0.15, 0.2) is 0 Å². The highest BCUT2D eigenvalue weighted by Crippen LogP contribution is 2.14. The Hall–Kier alpha value is -1.30. The molecule has 1 aliphatic heterocycles. The van der Waals surface area contributed by atoms with Gasteiger partial charge in [-0.25, -0.2) is 9.59 Å². The van der Waals surface area contributed by atoms with Crippen LogP contribution < -0.4 is 5.32 Å². The fourth-order valence-corrected chi connectivity index (χ4v) is 2.16. The number of urea groups is 1. The molecular weight excluding hydrogens is 234 g/mol. The molecule has 104 valence electrons. The first-order valence-electron chi connectivity index (χ1n) is 6.40. The third-order valence-corrected chi connectivity index (χ3v) is 3.49. The van der Waals surface area contributed by atoms with Crippen LogP contribution in [0.5, 0.6) is 0 Å². The third kappa shape index (κ3) is 3.87. The minimum Gasteiger partial charge on any atom is -0.480 e. The molecule has 18 heavy (non-hydrogen) atoms. The Kier molecular flexibility index (Phi) is 5.40. The molecule has 6 nitrogen and oxygen atoms in total. The van der Waals surface area contributed by atoms with Gasteiger partial charge in [-0.2, -0.15) is 0 Å². The average molecular weight is 257 g/mol. The van der Waals surface area contributed by atoms with E-state index in [0.717, 1.165) is 12.8 Å². The second-order valence-electron chi connectivity index (χ2n) is 4.93. The zero-order valence-corrected chi connectivity index (χ0v) is 11.3. The van der Waals surface area contributed by atoms with E-state index in [1.807, 2.05) is 14.1 Å². The highest BCUT2D eigenvalue weighted by Gasteiger charge is 2.26. The second kappa shape index (κ2) is 6.58. The van der Waals surface area contributed by atoms with Crippen molar-refractivity contribution < 1.29 is 14.7 Å². The number of hydrogen-bond donors (Lipinski definition) is 2. The number of carboxylic acid groups (broad SMARTS) is 1. The molecule has 1 heterocycles. The van der Waals surface area contributed by atoms with Crippen molar-refractivity contribution in [1.82, 2.24) is 15.1 Å². The number of rotatable bonds is 4. The summed E-state index contributed by atoms with van der Waals surface area (Å²) in [7, 11) is 4.08. The van der Waals surface area contributed by atoms with Crippen LogP contribution in [0.2, 0.25) is 0 Å². The van der Waals surface area contributed by atoms with Gasteiger partial charge in [-0.3, -0.25) is 0 Å². The van der Waals surface area contributed by atoms with Gasteiger partial charge in [0.15, 0.2) is 0 Å². The molecule has 0 aromatic heterocycles. The van der Waals surface area contributed by atoms with Crippen LogP contribution in [0.25, 0.3) is 0 Å². The Balaban J connectivity index is 2.42. The van der Waals surface area contributed by atoms with Crippen molar-refractivity contribution in [2.75, 3.05) is 27.2 Å². The summed E-state index contributed by atoms with van der Waals surface area (Å²) in [5, 5.41) is 11.4. The van der Waals surface area contributed by atoms with Crippen molar-refractivity contribution in [2.45, 2.75) is 38.3 Å². The van der Waals surface area contributed by atoms with Crippen LogP contribution >= 0.6 is 0 Å². The smallest absolute Gasteiger partial charge is 0.326 e. The van der Waals surface area contributed by atoms with Gasteiger partial charge in [0.25, 0.3) is 0 Å². The molecule has 1 rings (SSSR count). The molecule has 0 saturated carbocycles. The molecule has 6 heteroatoms. The van der Waals surface area contributed by atoms with Gasteiger partial charge in [0.1, 0.15) is 6.04 Å². The molecule has 2 amide bonds. The molecule has 2 N–H and O–H groups in total. The Labute approximate surface area is 108 Å². The van der Waals surface area contributed by atoms with E-state index in [1.54, 1.807) is 11.8 Å². The number of nitrogens with zero attached hydrogens (tertiary/aromatic N) is 2. The second-order valence-corrected chi connectivity index (χ2v) is 4.93. The predicted octanol–water partition coefficient (Wildman–Crippen LogP) is 0.585. The molecule has 1 unspecified atom stereocenters. The zero-order valence-electron chi connectivity index (χ0n) is 11.3. The Morgan fingerprint density at radius 3 is 2.33 bits per heavy atom. The maximum absolute atomic E-state index is 11.9. The molecule has 1 aliphatic rings. The number of hydrogen-bond acceptors (Lipinski definition) is 3. The molecule has 0 bridgehead atoms. The molecule has 0 spiro atoms. The fraction of sp³-hybridized carbons (Fsp3) is 0.833. The number of nitrogens with one attached hydrogen (secondary N) is 1. The predicted molar refractivity (Wildman–Crippen MR) is 68.5 cm³/mol. The van der Waals surface area contributed by atoms with E-state index >= 15 is 0 Å². The lowest BCUT2D eigenvalue weighted by Gasteiger charge is -2.35. The summed E-state index contributed by atoms with van der Waals surface area (Å²) in [6, 6.07) is -0.541. The Morgan fingerprint density at radius 1 is 1.39 bits per heavy atom. The molecule has 0 aromatic carbocycles. The monoisotopic (exact) mass is 257 g/mol. The van der Waals surface area contributed by atoms with Crippen LogP contribution in [0.3, 0.4) is 0 Å². The molecule has 0 aromatic rings. The number of aliphatic carboxylic acids is 1. The third-order valence-electron chi connectivity index (χ3n) is 3.49. The highest BCUT2D eigenvalue weighted by atomic mass is 16.4. The summed E-state index contributed by atoms with van der Waals surface area (Å²) in [4.78, 5) is 26.6. The van der Waals surface area contributed by atoms with Crippen LogP contribution in [0.4, 0.5) is 4.79 Å². The summed E-state index contributed by atoms with van der Waals surface area (Å²) in [6.07, 6.45) is 2.27. The number of likely N-dealkylation sites (tertiary alicyclic amines) is 1. The molecule has 1 saturated heterocycles. The van der Waals surface area contributed by atoms with Crippen molar-refractivity contribution >= 4 is 12.0 Å². The summed E-state index contributed by atoms with van der Waals surface area (Å²) >= 11 is 0. The maximum atomic E-state index is 11.9. The number of carbonyl (C=O) groups excluding carboxylic acids is 1. The maximum Gasteiger partial charge on any atom is 0.326 e. The summed E-state index contributed by atoms with van der Waals surface area (Å²) < 4.78 is 0. The summed E-state index contributed by atoms with van der Waals surface area (Å²) in [5.41, 5.74) is 0. The first kappa shape index (κ1) is 14.8. The standard InChI is InChI=1S/C12H23N3O3/c1-4-10(11(16)17)13-12(18)15-7-5-9(6-8-15)14(2)3/h9-10H,4-8H2,1-3H3,(H,13,18)(H,16,17). The Bertz CT molecular complexity index is 299. The van der Waals surface area contributed by atoms with Gasteiger partial charge in [0, 0.05) is 19.1 Å². The minimum atomic E-state index is -0.978. The van der Waals surface area contributed by atoms with Crippen LogP contribution in [0.1, 0.15) is 26.2 Å². The first-order valence-corrected chi connectivity index (χ1v) is 6.40. The van der Waals surface area contributed by atoms with E-state index in [9.17, 15) is 9.59 Å². The highest BCUT2D eigenvalue weighted by molar-refractivity contribution is 5.82. The van der Waals surface area contributed by atoms with E-state index in [-0.39, 0.29) is 6.03 Å². The van der Waals surface area contributed by atoms with Gasteiger partial charge in [-0.1, -0.05) is 6.92 Å². The average Bonchev–Trinajstić information content (AvgIpc) is 2.35.